The Morgan fingerprint density at radius 1 is 1.32 bits per heavy atom. The fraction of sp³-hybridized carbons (Fsp3) is 0.444. The number of ether oxygens (including phenoxy) is 2. The molecule has 22 heavy (non-hydrogen) atoms. The van der Waals surface area contributed by atoms with Crippen LogP contribution in [0.5, 0.6) is 0 Å². The molecule has 0 spiro atoms. The van der Waals surface area contributed by atoms with E-state index in [1.807, 2.05) is 37.3 Å². The van der Waals surface area contributed by atoms with Crippen LogP contribution < -0.4 is 0 Å². The smallest absolute Gasteiger partial charge is 0.331 e. The lowest BCUT2D eigenvalue weighted by Gasteiger charge is -2.34. The van der Waals surface area contributed by atoms with Crippen molar-refractivity contribution in [3.8, 4) is 0 Å². The van der Waals surface area contributed by atoms with E-state index in [0.717, 1.165) is 12.8 Å². The molecule has 3 atom stereocenters. The molecule has 0 N–H and O–H groups in total. The number of rotatable bonds is 5. The number of carbonyl (C=O) groups excluding carboxylic acids is 2. The zero-order chi connectivity index (χ0) is 16.1. The first-order valence-corrected chi connectivity index (χ1v) is 7.57. The van der Waals surface area contributed by atoms with Crippen molar-refractivity contribution in [3.63, 3.8) is 0 Å². The summed E-state index contributed by atoms with van der Waals surface area (Å²) in [6.45, 7) is 3.83. The normalized spacial score (nSPS) is 22.5. The standard InChI is InChI=1S/C18H22O4/c1-4-14(11-13-8-6-5-7-9-13)17-16(18(20)21-3)12(2)10-15(19)22-17/h5-10,14,16-17H,4,11H2,1-3H3/t14-,16+,17+/m0/s1. The Bertz CT molecular complexity index is 562. The minimum absolute atomic E-state index is 0.0686. The monoisotopic (exact) mass is 302 g/mol. The summed E-state index contributed by atoms with van der Waals surface area (Å²) >= 11 is 0. The van der Waals surface area contributed by atoms with Gasteiger partial charge < -0.3 is 9.47 Å². The number of hydrogen-bond donors (Lipinski definition) is 0. The zero-order valence-corrected chi connectivity index (χ0v) is 13.2. The molecule has 118 valence electrons. The van der Waals surface area contributed by atoms with Crippen LogP contribution in [0.3, 0.4) is 0 Å². The fourth-order valence-corrected chi connectivity index (χ4v) is 3.00. The molecule has 0 amide bonds. The average molecular weight is 302 g/mol. The molecule has 4 nitrogen and oxygen atoms in total. The van der Waals surface area contributed by atoms with Gasteiger partial charge in [0.2, 0.25) is 0 Å². The molecular weight excluding hydrogens is 280 g/mol. The van der Waals surface area contributed by atoms with Crippen LogP contribution in [0, 0.1) is 11.8 Å². The first kappa shape index (κ1) is 16.3. The van der Waals surface area contributed by atoms with Gasteiger partial charge in [-0.05, 0) is 30.9 Å². The highest BCUT2D eigenvalue weighted by atomic mass is 16.6. The highest BCUT2D eigenvalue weighted by Crippen LogP contribution is 2.32. The van der Waals surface area contributed by atoms with Crippen molar-refractivity contribution < 1.29 is 19.1 Å². The second kappa shape index (κ2) is 7.25. The van der Waals surface area contributed by atoms with Crippen LogP contribution in [0.1, 0.15) is 25.8 Å². The van der Waals surface area contributed by atoms with Crippen molar-refractivity contribution in [2.24, 2.45) is 11.8 Å². The van der Waals surface area contributed by atoms with E-state index in [4.69, 9.17) is 9.47 Å². The molecule has 0 bridgehead atoms. The van der Waals surface area contributed by atoms with Gasteiger partial charge in [-0.3, -0.25) is 4.79 Å². The van der Waals surface area contributed by atoms with Gasteiger partial charge in [-0.2, -0.15) is 0 Å². The van der Waals surface area contributed by atoms with Gasteiger partial charge >= 0.3 is 11.9 Å². The van der Waals surface area contributed by atoms with E-state index in [-0.39, 0.29) is 17.9 Å². The van der Waals surface area contributed by atoms with E-state index in [9.17, 15) is 9.59 Å². The number of methoxy groups -OCH3 is 1. The molecule has 0 aliphatic carbocycles. The first-order valence-electron chi connectivity index (χ1n) is 7.57. The van der Waals surface area contributed by atoms with Crippen molar-refractivity contribution in [3.05, 3.63) is 47.5 Å². The predicted octanol–water partition coefficient (Wildman–Crippen LogP) is 2.92. The highest BCUT2D eigenvalue weighted by Gasteiger charge is 2.41. The minimum Gasteiger partial charge on any atom is -0.468 e. The van der Waals surface area contributed by atoms with E-state index in [0.29, 0.717) is 5.57 Å². The molecule has 1 aromatic rings. The summed E-state index contributed by atoms with van der Waals surface area (Å²) < 4.78 is 10.4. The molecule has 0 saturated carbocycles. The van der Waals surface area contributed by atoms with Gasteiger partial charge in [-0.1, -0.05) is 37.3 Å². The van der Waals surface area contributed by atoms with Crippen LogP contribution >= 0.6 is 0 Å². The third-order valence-corrected chi connectivity index (χ3v) is 4.20. The Morgan fingerprint density at radius 3 is 2.59 bits per heavy atom. The van der Waals surface area contributed by atoms with Crippen molar-refractivity contribution in [1.82, 2.24) is 0 Å². The Labute approximate surface area is 131 Å². The van der Waals surface area contributed by atoms with E-state index in [1.54, 1.807) is 6.92 Å². The number of benzene rings is 1. The molecule has 0 fully saturated rings. The largest absolute Gasteiger partial charge is 0.468 e. The lowest BCUT2D eigenvalue weighted by molar-refractivity contribution is -0.161. The fourth-order valence-electron chi connectivity index (χ4n) is 3.00. The van der Waals surface area contributed by atoms with Crippen LogP contribution in [0.2, 0.25) is 0 Å². The summed E-state index contributed by atoms with van der Waals surface area (Å²) in [7, 11) is 1.36. The molecule has 1 heterocycles. The van der Waals surface area contributed by atoms with Gasteiger partial charge in [-0.15, -0.1) is 0 Å². The molecule has 2 rings (SSSR count). The van der Waals surface area contributed by atoms with E-state index in [1.165, 1.54) is 18.7 Å². The molecular formula is C18H22O4. The van der Waals surface area contributed by atoms with Gasteiger partial charge in [0.05, 0.1) is 7.11 Å². The maximum absolute atomic E-state index is 12.1. The molecule has 0 aromatic heterocycles. The zero-order valence-electron chi connectivity index (χ0n) is 13.2. The van der Waals surface area contributed by atoms with Crippen molar-refractivity contribution >= 4 is 11.9 Å². The summed E-state index contributed by atoms with van der Waals surface area (Å²) in [5.41, 5.74) is 1.88. The average Bonchev–Trinajstić information content (AvgIpc) is 2.52. The maximum atomic E-state index is 12.1. The lowest BCUT2D eigenvalue weighted by Crippen LogP contribution is -2.42. The van der Waals surface area contributed by atoms with Crippen LogP contribution in [-0.2, 0) is 25.5 Å². The minimum atomic E-state index is -0.517. The van der Waals surface area contributed by atoms with Gasteiger partial charge in [-0.25, -0.2) is 4.79 Å². The SMILES string of the molecule is CC[C@@H](Cc1ccccc1)[C@H]1OC(=O)C=C(C)[C@H]1C(=O)OC. The number of cyclic esters (lactones) is 1. The van der Waals surface area contributed by atoms with Gasteiger partial charge in [0.1, 0.15) is 12.0 Å². The van der Waals surface area contributed by atoms with Crippen molar-refractivity contribution in [2.75, 3.05) is 7.11 Å². The summed E-state index contributed by atoms with van der Waals surface area (Å²) in [6.07, 6.45) is 2.48. The highest BCUT2D eigenvalue weighted by molar-refractivity contribution is 5.88. The van der Waals surface area contributed by atoms with Crippen LogP contribution in [0.4, 0.5) is 0 Å². The van der Waals surface area contributed by atoms with Gasteiger partial charge in [0, 0.05) is 12.0 Å². The van der Waals surface area contributed by atoms with E-state index < -0.39 is 12.0 Å². The Balaban J connectivity index is 2.26. The Kier molecular flexibility index (Phi) is 5.36. The lowest BCUT2D eigenvalue weighted by atomic mass is 9.80. The first-order chi connectivity index (χ1) is 10.6. The number of hydrogen-bond acceptors (Lipinski definition) is 4. The summed E-state index contributed by atoms with van der Waals surface area (Å²) in [5.74, 6) is -1.18. The number of esters is 2. The molecule has 1 aromatic carbocycles. The van der Waals surface area contributed by atoms with Gasteiger partial charge in [0.25, 0.3) is 0 Å². The summed E-state index contributed by atoms with van der Waals surface area (Å²) in [4.78, 5) is 23.9. The Hall–Kier alpha value is -2.10. The second-order valence-electron chi connectivity index (χ2n) is 5.65. The van der Waals surface area contributed by atoms with Crippen molar-refractivity contribution in [1.29, 1.82) is 0 Å². The van der Waals surface area contributed by atoms with Crippen LogP contribution in [0.15, 0.2) is 42.0 Å². The summed E-state index contributed by atoms with van der Waals surface area (Å²) in [5, 5.41) is 0. The molecule has 1 aliphatic rings. The van der Waals surface area contributed by atoms with Crippen LogP contribution in [-0.4, -0.2) is 25.2 Å². The molecule has 4 heteroatoms. The third-order valence-electron chi connectivity index (χ3n) is 4.20. The van der Waals surface area contributed by atoms with Crippen molar-refractivity contribution in [2.45, 2.75) is 32.8 Å². The third kappa shape index (κ3) is 3.56. The maximum Gasteiger partial charge on any atom is 0.331 e. The quantitative estimate of drug-likeness (QED) is 0.785. The van der Waals surface area contributed by atoms with Gasteiger partial charge in [0.15, 0.2) is 0 Å². The molecule has 0 radical (unpaired) electrons. The molecule has 0 saturated heterocycles. The molecule has 1 aliphatic heterocycles. The molecule has 0 unspecified atom stereocenters. The predicted molar refractivity (Wildman–Crippen MR) is 83.1 cm³/mol. The number of carbonyl (C=O) groups is 2. The topological polar surface area (TPSA) is 52.6 Å². The Morgan fingerprint density at radius 2 is 2.00 bits per heavy atom. The van der Waals surface area contributed by atoms with E-state index in [2.05, 4.69) is 0 Å². The van der Waals surface area contributed by atoms with Crippen LogP contribution in [0.25, 0.3) is 0 Å². The second-order valence-corrected chi connectivity index (χ2v) is 5.65. The van der Waals surface area contributed by atoms with E-state index >= 15 is 0 Å². The summed E-state index contributed by atoms with van der Waals surface area (Å²) in [6, 6.07) is 10.0.